The first kappa shape index (κ1) is 12.9. The highest BCUT2D eigenvalue weighted by molar-refractivity contribution is 4.66. The van der Waals surface area contributed by atoms with Gasteiger partial charge in [-0.15, -0.1) is 0 Å². The van der Waals surface area contributed by atoms with Crippen molar-refractivity contribution in [2.24, 2.45) is 0 Å². The molecule has 0 amide bonds. The minimum absolute atomic E-state index is 0.655. The fourth-order valence-electron chi connectivity index (χ4n) is 1.65. The van der Waals surface area contributed by atoms with Gasteiger partial charge in [0.2, 0.25) is 0 Å². The smallest absolute Gasteiger partial charge is 0.0462 e. The molecule has 0 spiro atoms. The molecule has 80 valence electrons. The SMILES string of the molecule is COCCCCN(C(C)C)C(C)C. The van der Waals surface area contributed by atoms with Crippen molar-refractivity contribution in [2.45, 2.75) is 52.6 Å². The van der Waals surface area contributed by atoms with Gasteiger partial charge in [-0.2, -0.15) is 0 Å². The summed E-state index contributed by atoms with van der Waals surface area (Å²) in [7, 11) is 1.77. The number of methoxy groups -OCH3 is 1. The highest BCUT2D eigenvalue weighted by Crippen LogP contribution is 2.06. The molecule has 0 N–H and O–H groups in total. The topological polar surface area (TPSA) is 12.5 Å². The highest BCUT2D eigenvalue weighted by atomic mass is 16.5. The van der Waals surface area contributed by atoms with E-state index >= 15 is 0 Å². The van der Waals surface area contributed by atoms with Crippen molar-refractivity contribution in [3.63, 3.8) is 0 Å². The lowest BCUT2D eigenvalue weighted by Gasteiger charge is -2.30. The molecule has 0 radical (unpaired) electrons. The average Bonchev–Trinajstić information content (AvgIpc) is 2.02. The molecule has 0 unspecified atom stereocenters. The zero-order chi connectivity index (χ0) is 10.3. The van der Waals surface area contributed by atoms with Crippen LogP contribution in [0.4, 0.5) is 0 Å². The van der Waals surface area contributed by atoms with E-state index in [2.05, 4.69) is 32.6 Å². The van der Waals surface area contributed by atoms with E-state index in [9.17, 15) is 0 Å². The summed E-state index contributed by atoms with van der Waals surface area (Å²) in [4.78, 5) is 2.52. The summed E-state index contributed by atoms with van der Waals surface area (Å²) >= 11 is 0. The van der Waals surface area contributed by atoms with Crippen LogP contribution >= 0.6 is 0 Å². The normalized spacial score (nSPS) is 12.0. The van der Waals surface area contributed by atoms with E-state index in [1.807, 2.05) is 0 Å². The van der Waals surface area contributed by atoms with Crippen LogP contribution in [0.2, 0.25) is 0 Å². The molecule has 0 rings (SSSR count). The zero-order valence-electron chi connectivity index (χ0n) is 9.84. The molecule has 0 fully saturated rings. The quantitative estimate of drug-likeness (QED) is 0.568. The molecule has 2 nitrogen and oxygen atoms in total. The molecule has 0 atom stereocenters. The van der Waals surface area contributed by atoms with Crippen LogP contribution in [0.5, 0.6) is 0 Å². The van der Waals surface area contributed by atoms with E-state index in [4.69, 9.17) is 4.74 Å². The van der Waals surface area contributed by atoms with Crippen molar-refractivity contribution < 1.29 is 4.74 Å². The fraction of sp³-hybridized carbons (Fsp3) is 1.00. The van der Waals surface area contributed by atoms with Crippen LogP contribution in [0, 0.1) is 0 Å². The summed E-state index contributed by atoms with van der Waals surface area (Å²) in [5.41, 5.74) is 0. The largest absolute Gasteiger partial charge is 0.385 e. The molecule has 0 aliphatic heterocycles. The van der Waals surface area contributed by atoms with Gasteiger partial charge in [-0.05, 0) is 47.1 Å². The molecule has 0 heterocycles. The molecular formula is C11H25NO. The van der Waals surface area contributed by atoms with E-state index in [-0.39, 0.29) is 0 Å². The molecule has 0 aromatic heterocycles. The van der Waals surface area contributed by atoms with Crippen LogP contribution < -0.4 is 0 Å². The predicted octanol–water partition coefficient (Wildman–Crippen LogP) is 2.53. The van der Waals surface area contributed by atoms with Gasteiger partial charge in [-0.1, -0.05) is 0 Å². The lowest BCUT2D eigenvalue weighted by Crippen LogP contribution is -2.37. The van der Waals surface area contributed by atoms with E-state index in [0.29, 0.717) is 12.1 Å². The van der Waals surface area contributed by atoms with Crippen LogP contribution in [0.15, 0.2) is 0 Å². The maximum atomic E-state index is 5.03. The van der Waals surface area contributed by atoms with Gasteiger partial charge < -0.3 is 4.74 Å². The Kier molecular flexibility index (Phi) is 7.29. The second kappa shape index (κ2) is 7.34. The Bertz CT molecular complexity index is 105. The average molecular weight is 187 g/mol. The van der Waals surface area contributed by atoms with Crippen molar-refractivity contribution >= 4 is 0 Å². The fourth-order valence-corrected chi connectivity index (χ4v) is 1.65. The van der Waals surface area contributed by atoms with Crippen molar-refractivity contribution in [3.05, 3.63) is 0 Å². The lowest BCUT2D eigenvalue weighted by molar-refractivity contribution is 0.153. The van der Waals surface area contributed by atoms with Crippen molar-refractivity contribution in [1.29, 1.82) is 0 Å². The number of ether oxygens (including phenoxy) is 1. The molecule has 0 saturated heterocycles. The van der Waals surface area contributed by atoms with Crippen molar-refractivity contribution in [3.8, 4) is 0 Å². The van der Waals surface area contributed by atoms with E-state index in [1.54, 1.807) is 7.11 Å². The highest BCUT2D eigenvalue weighted by Gasteiger charge is 2.11. The third-order valence-electron chi connectivity index (χ3n) is 2.34. The third-order valence-corrected chi connectivity index (χ3v) is 2.34. The molecule has 0 saturated carbocycles. The zero-order valence-corrected chi connectivity index (χ0v) is 9.84. The number of hydrogen-bond donors (Lipinski definition) is 0. The third kappa shape index (κ3) is 6.05. The van der Waals surface area contributed by atoms with Gasteiger partial charge in [-0.3, -0.25) is 4.90 Å². The first-order chi connectivity index (χ1) is 6.09. The number of unbranched alkanes of at least 4 members (excludes halogenated alkanes) is 1. The second-order valence-electron chi connectivity index (χ2n) is 4.13. The summed E-state index contributed by atoms with van der Waals surface area (Å²) in [6, 6.07) is 1.31. The van der Waals surface area contributed by atoms with Gasteiger partial charge in [-0.25, -0.2) is 0 Å². The first-order valence-corrected chi connectivity index (χ1v) is 5.34. The second-order valence-corrected chi connectivity index (χ2v) is 4.13. The number of rotatable bonds is 7. The van der Waals surface area contributed by atoms with E-state index in [0.717, 1.165) is 6.61 Å². The van der Waals surface area contributed by atoms with Crippen LogP contribution in [0.25, 0.3) is 0 Å². The maximum Gasteiger partial charge on any atom is 0.0462 e. The van der Waals surface area contributed by atoms with Gasteiger partial charge in [0.15, 0.2) is 0 Å². The summed E-state index contributed by atoms with van der Waals surface area (Å²) in [6.45, 7) is 11.1. The standard InChI is InChI=1S/C11H25NO/c1-10(2)12(11(3)4)8-6-7-9-13-5/h10-11H,6-9H2,1-5H3. The Labute approximate surface area is 83.3 Å². The predicted molar refractivity (Wildman–Crippen MR) is 58.1 cm³/mol. The Morgan fingerprint density at radius 2 is 1.54 bits per heavy atom. The van der Waals surface area contributed by atoms with Gasteiger partial charge in [0, 0.05) is 25.8 Å². The van der Waals surface area contributed by atoms with Crippen molar-refractivity contribution in [2.75, 3.05) is 20.3 Å². The Balaban J connectivity index is 3.58. The molecule has 0 bridgehead atoms. The van der Waals surface area contributed by atoms with Crippen LogP contribution in [-0.2, 0) is 4.74 Å². The Hall–Kier alpha value is -0.0800. The summed E-state index contributed by atoms with van der Waals surface area (Å²) < 4.78 is 5.03. The molecule has 0 aromatic rings. The maximum absolute atomic E-state index is 5.03. The van der Waals surface area contributed by atoms with Crippen LogP contribution in [-0.4, -0.2) is 37.2 Å². The minimum Gasteiger partial charge on any atom is -0.385 e. The van der Waals surface area contributed by atoms with Gasteiger partial charge in [0.05, 0.1) is 0 Å². The minimum atomic E-state index is 0.655. The molecule has 0 aliphatic carbocycles. The van der Waals surface area contributed by atoms with Gasteiger partial charge in [0.25, 0.3) is 0 Å². The summed E-state index contributed by atoms with van der Waals surface area (Å²) in [6.07, 6.45) is 2.41. The Morgan fingerprint density at radius 3 is 1.92 bits per heavy atom. The number of nitrogens with zero attached hydrogens (tertiary/aromatic N) is 1. The van der Waals surface area contributed by atoms with Crippen LogP contribution in [0.3, 0.4) is 0 Å². The molecule has 2 heteroatoms. The molecule has 0 aliphatic rings. The van der Waals surface area contributed by atoms with Gasteiger partial charge in [0.1, 0.15) is 0 Å². The summed E-state index contributed by atoms with van der Waals surface area (Å²) in [5, 5.41) is 0. The Morgan fingerprint density at radius 1 is 1.00 bits per heavy atom. The molecule has 0 aromatic carbocycles. The van der Waals surface area contributed by atoms with E-state index < -0.39 is 0 Å². The first-order valence-electron chi connectivity index (χ1n) is 5.34. The van der Waals surface area contributed by atoms with E-state index in [1.165, 1.54) is 19.4 Å². The van der Waals surface area contributed by atoms with Crippen molar-refractivity contribution in [1.82, 2.24) is 4.90 Å². The molecule has 13 heavy (non-hydrogen) atoms. The van der Waals surface area contributed by atoms with Crippen LogP contribution in [0.1, 0.15) is 40.5 Å². The monoisotopic (exact) mass is 187 g/mol. The summed E-state index contributed by atoms with van der Waals surface area (Å²) in [5.74, 6) is 0. The number of hydrogen-bond acceptors (Lipinski definition) is 2. The molecular weight excluding hydrogens is 162 g/mol. The lowest BCUT2D eigenvalue weighted by atomic mass is 10.2. The van der Waals surface area contributed by atoms with Gasteiger partial charge >= 0.3 is 0 Å².